The van der Waals surface area contributed by atoms with Crippen LogP contribution in [0.2, 0.25) is 0 Å². The van der Waals surface area contributed by atoms with Crippen molar-refractivity contribution in [1.29, 1.82) is 0 Å². The van der Waals surface area contributed by atoms with E-state index in [0.29, 0.717) is 84.8 Å². The molecule has 43 heavy (non-hydrogen) atoms. The van der Waals surface area contributed by atoms with Crippen LogP contribution < -0.4 is 14.5 Å². The Morgan fingerprint density at radius 1 is 1.16 bits per heavy atom. The standard InChI is InChI=1S/C32H37F2N5O4/c1-3-23-24(34)7-6-20-14-22(40)15-25(26(20)23)39-19(2)28-27(30(39)41)29(37-9-5-12-42-13-11-37)36-31(35-28)43-18-32-8-4-10-38(32)17-21(33)16-32/h6-7,14-15,19,21,40H,3-5,8-13,16-18H2,1-2H3/t19?,21-,32?/m1/s1. The smallest absolute Gasteiger partial charge is 0.318 e. The van der Waals surface area contributed by atoms with E-state index in [0.717, 1.165) is 25.8 Å². The minimum absolute atomic E-state index is 0.0183. The monoisotopic (exact) mass is 593 g/mol. The van der Waals surface area contributed by atoms with E-state index in [4.69, 9.17) is 19.4 Å². The van der Waals surface area contributed by atoms with Crippen molar-refractivity contribution in [2.24, 2.45) is 0 Å². The lowest BCUT2D eigenvalue weighted by Crippen LogP contribution is -2.43. The number of hydrogen-bond donors (Lipinski definition) is 1. The number of anilines is 2. The van der Waals surface area contributed by atoms with Crippen LogP contribution in [0.1, 0.15) is 67.2 Å². The number of ether oxygens (including phenoxy) is 2. The normalized spacial score (nSPS) is 25.8. The lowest BCUT2D eigenvalue weighted by molar-refractivity contribution is 0.0992. The fourth-order valence-corrected chi connectivity index (χ4v) is 7.60. The molecule has 0 bridgehead atoms. The summed E-state index contributed by atoms with van der Waals surface area (Å²) < 4.78 is 41.4. The zero-order valence-corrected chi connectivity index (χ0v) is 24.6. The minimum Gasteiger partial charge on any atom is -0.508 e. The van der Waals surface area contributed by atoms with Gasteiger partial charge in [0.25, 0.3) is 5.91 Å². The predicted octanol–water partition coefficient (Wildman–Crippen LogP) is 4.94. The summed E-state index contributed by atoms with van der Waals surface area (Å²) in [7, 11) is 0. The largest absolute Gasteiger partial charge is 0.508 e. The van der Waals surface area contributed by atoms with Crippen molar-refractivity contribution in [2.75, 3.05) is 55.8 Å². The molecule has 2 unspecified atom stereocenters. The molecule has 3 atom stereocenters. The molecule has 4 aliphatic heterocycles. The van der Waals surface area contributed by atoms with Gasteiger partial charge in [-0.05, 0) is 62.2 Å². The second-order valence-electron chi connectivity index (χ2n) is 12.2. The number of phenolic OH excluding ortho intramolecular Hbond substituents is 1. The first kappa shape index (κ1) is 28.2. The number of rotatable bonds is 6. The number of fused-ring (bicyclic) bond motifs is 3. The fraction of sp³-hybridized carbons (Fsp3) is 0.531. The first-order valence-electron chi connectivity index (χ1n) is 15.3. The number of amides is 1. The molecule has 228 valence electrons. The van der Waals surface area contributed by atoms with Gasteiger partial charge in [-0.3, -0.25) is 14.6 Å². The molecule has 3 saturated heterocycles. The quantitative estimate of drug-likeness (QED) is 0.430. The van der Waals surface area contributed by atoms with Crippen molar-refractivity contribution in [3.05, 3.63) is 46.9 Å². The van der Waals surface area contributed by atoms with Crippen LogP contribution >= 0.6 is 0 Å². The highest BCUT2D eigenvalue weighted by Crippen LogP contribution is 2.46. The Morgan fingerprint density at radius 2 is 2.02 bits per heavy atom. The van der Waals surface area contributed by atoms with Crippen LogP contribution in [0.3, 0.4) is 0 Å². The molecule has 7 rings (SSSR count). The number of aromatic hydroxyl groups is 1. The Balaban J connectivity index is 1.32. The molecule has 0 radical (unpaired) electrons. The second kappa shape index (κ2) is 10.9. The Labute approximate surface area is 249 Å². The van der Waals surface area contributed by atoms with Gasteiger partial charge in [-0.25, -0.2) is 8.78 Å². The van der Waals surface area contributed by atoms with Crippen molar-refractivity contribution in [3.8, 4) is 11.8 Å². The molecule has 3 fully saturated rings. The topological polar surface area (TPSA) is 91.3 Å². The summed E-state index contributed by atoms with van der Waals surface area (Å²) in [6.07, 6.45) is 2.60. The van der Waals surface area contributed by atoms with E-state index in [1.165, 1.54) is 12.1 Å². The van der Waals surface area contributed by atoms with E-state index in [1.54, 1.807) is 17.0 Å². The molecule has 1 amide bonds. The third kappa shape index (κ3) is 4.68. The lowest BCUT2D eigenvalue weighted by atomic mass is 9.95. The highest BCUT2D eigenvalue weighted by Gasteiger charge is 2.50. The average molecular weight is 594 g/mol. The number of halogens is 2. The summed E-state index contributed by atoms with van der Waals surface area (Å²) in [5.41, 5.74) is 1.42. The van der Waals surface area contributed by atoms with Gasteiger partial charge in [-0.1, -0.05) is 13.0 Å². The van der Waals surface area contributed by atoms with Crippen molar-refractivity contribution >= 4 is 28.2 Å². The zero-order chi connectivity index (χ0) is 29.9. The molecular weight excluding hydrogens is 556 g/mol. The van der Waals surface area contributed by atoms with E-state index in [-0.39, 0.29) is 35.6 Å². The van der Waals surface area contributed by atoms with Crippen LogP contribution in [-0.2, 0) is 11.2 Å². The van der Waals surface area contributed by atoms with Gasteiger partial charge >= 0.3 is 6.01 Å². The number of alkyl halides is 1. The highest BCUT2D eigenvalue weighted by atomic mass is 19.1. The van der Waals surface area contributed by atoms with Gasteiger partial charge in [0, 0.05) is 44.1 Å². The number of aromatic nitrogens is 2. The summed E-state index contributed by atoms with van der Waals surface area (Å²) in [5.74, 6) is -0.215. The van der Waals surface area contributed by atoms with Crippen molar-refractivity contribution in [1.82, 2.24) is 14.9 Å². The number of hydrogen-bond acceptors (Lipinski definition) is 8. The summed E-state index contributed by atoms with van der Waals surface area (Å²) in [4.78, 5) is 29.8. The summed E-state index contributed by atoms with van der Waals surface area (Å²) in [5, 5.41) is 11.9. The predicted molar refractivity (Wildman–Crippen MR) is 158 cm³/mol. The van der Waals surface area contributed by atoms with Gasteiger partial charge in [0.05, 0.1) is 29.6 Å². The van der Waals surface area contributed by atoms with Gasteiger partial charge in [0.1, 0.15) is 35.7 Å². The first-order valence-corrected chi connectivity index (χ1v) is 15.3. The maximum Gasteiger partial charge on any atom is 0.318 e. The third-order valence-electron chi connectivity index (χ3n) is 9.61. The molecule has 3 aromatic rings. The van der Waals surface area contributed by atoms with Crippen molar-refractivity contribution < 1.29 is 28.2 Å². The van der Waals surface area contributed by atoms with Crippen LogP contribution in [0.4, 0.5) is 20.3 Å². The van der Waals surface area contributed by atoms with Crippen LogP contribution in [0.5, 0.6) is 11.8 Å². The number of phenols is 1. The molecule has 1 N–H and O–H groups in total. The molecule has 1 aromatic heterocycles. The van der Waals surface area contributed by atoms with E-state index < -0.39 is 12.2 Å². The number of benzene rings is 2. The Hall–Kier alpha value is -3.57. The Kier molecular flexibility index (Phi) is 7.12. The van der Waals surface area contributed by atoms with E-state index in [9.17, 15) is 14.3 Å². The van der Waals surface area contributed by atoms with Crippen LogP contribution in [-0.4, -0.2) is 83.6 Å². The van der Waals surface area contributed by atoms with Crippen LogP contribution in [0.15, 0.2) is 24.3 Å². The zero-order valence-electron chi connectivity index (χ0n) is 24.6. The Bertz CT molecular complexity index is 1580. The summed E-state index contributed by atoms with van der Waals surface area (Å²) >= 11 is 0. The molecule has 0 aliphatic carbocycles. The lowest BCUT2D eigenvalue weighted by Gasteiger charge is -2.31. The minimum atomic E-state index is -0.876. The molecule has 0 spiro atoms. The summed E-state index contributed by atoms with van der Waals surface area (Å²) in [6, 6.07) is 5.73. The van der Waals surface area contributed by atoms with E-state index in [1.807, 2.05) is 18.7 Å². The van der Waals surface area contributed by atoms with Gasteiger partial charge in [0.2, 0.25) is 0 Å². The molecular formula is C32H37F2N5O4. The number of carbonyl (C=O) groups excluding carboxylic acids is 1. The van der Waals surface area contributed by atoms with Crippen LogP contribution in [0, 0.1) is 5.82 Å². The second-order valence-corrected chi connectivity index (χ2v) is 12.2. The SMILES string of the molecule is CCc1c(F)ccc2cc(O)cc(N3C(=O)c4c(nc(OCC56CCCN5C[C@H](F)C6)nc4N4CCCOCC4)C3C)c12. The van der Waals surface area contributed by atoms with Crippen molar-refractivity contribution in [3.63, 3.8) is 0 Å². The molecule has 4 aliphatic rings. The number of aryl methyl sites for hydroxylation is 1. The molecule has 2 aromatic carbocycles. The van der Waals surface area contributed by atoms with Gasteiger partial charge < -0.3 is 19.5 Å². The molecule has 0 saturated carbocycles. The highest BCUT2D eigenvalue weighted by molar-refractivity contribution is 6.17. The molecule has 11 heteroatoms. The van der Waals surface area contributed by atoms with Crippen LogP contribution in [0.25, 0.3) is 10.8 Å². The Morgan fingerprint density at radius 3 is 2.86 bits per heavy atom. The average Bonchev–Trinajstić information content (AvgIpc) is 3.48. The number of nitrogens with zero attached hydrogens (tertiary/aromatic N) is 5. The van der Waals surface area contributed by atoms with Crippen molar-refractivity contribution in [2.45, 2.75) is 63.7 Å². The number of carbonyl (C=O) groups is 1. The third-order valence-corrected chi connectivity index (χ3v) is 9.61. The molecule has 5 heterocycles. The van der Waals surface area contributed by atoms with Gasteiger partial charge in [-0.2, -0.15) is 9.97 Å². The van der Waals surface area contributed by atoms with E-state index >= 15 is 4.39 Å². The summed E-state index contributed by atoms with van der Waals surface area (Å²) in [6.45, 7) is 7.60. The van der Waals surface area contributed by atoms with E-state index in [2.05, 4.69) is 4.90 Å². The van der Waals surface area contributed by atoms with Gasteiger partial charge in [-0.15, -0.1) is 0 Å². The maximum absolute atomic E-state index is 15.0. The maximum atomic E-state index is 15.0. The van der Waals surface area contributed by atoms with Gasteiger partial charge in [0.15, 0.2) is 0 Å². The first-order chi connectivity index (χ1) is 20.8. The molecule has 9 nitrogen and oxygen atoms in total. The fourth-order valence-electron chi connectivity index (χ4n) is 7.60.